The molecule has 0 atom stereocenters. The lowest BCUT2D eigenvalue weighted by Crippen LogP contribution is -1.91. The lowest BCUT2D eigenvalue weighted by atomic mass is 10.6. The molecule has 0 spiro atoms. The van der Waals surface area contributed by atoms with Crippen LogP contribution in [0.3, 0.4) is 0 Å². The molecule has 2 N–H and O–H groups in total. The van der Waals surface area contributed by atoms with Crippen LogP contribution in [0.4, 0.5) is 0 Å². The summed E-state index contributed by atoms with van der Waals surface area (Å²) in [6.07, 6.45) is 1.77. The van der Waals surface area contributed by atoms with Gasteiger partial charge in [-0.1, -0.05) is 0 Å². The molecule has 9 heavy (non-hydrogen) atoms. The molecule has 0 aromatic carbocycles. The van der Waals surface area contributed by atoms with E-state index in [-0.39, 0.29) is 17.0 Å². The first-order valence-corrected chi connectivity index (χ1v) is 3.74. The third kappa shape index (κ3) is 2.75. The maximum atomic E-state index is 5.31. The molecule has 52 valence electrons. The zero-order chi connectivity index (χ0) is 5.98. The van der Waals surface area contributed by atoms with Crippen molar-refractivity contribution in [1.82, 2.24) is 4.98 Å². The van der Waals surface area contributed by atoms with Gasteiger partial charge in [-0.3, -0.25) is 0 Å². The second kappa shape index (κ2) is 4.38. The van der Waals surface area contributed by atoms with Crippen LogP contribution in [0.1, 0.15) is 4.88 Å². The fourth-order valence-electron chi connectivity index (χ4n) is 0.378. The number of halogens is 2. The quantitative estimate of drug-likeness (QED) is 0.850. The minimum absolute atomic E-state index is 0. The molecule has 0 aliphatic carbocycles. The van der Waals surface area contributed by atoms with Gasteiger partial charge in [-0.15, -0.1) is 28.3 Å². The highest BCUT2D eigenvalue weighted by Crippen LogP contribution is 2.17. The van der Waals surface area contributed by atoms with Gasteiger partial charge in [0.25, 0.3) is 0 Å². The Balaban J connectivity index is 0.000000640. The van der Waals surface area contributed by atoms with E-state index >= 15 is 0 Å². The summed E-state index contributed by atoms with van der Waals surface area (Å²) >= 11 is 4.79. The zero-order valence-corrected chi connectivity index (χ0v) is 8.62. The zero-order valence-electron chi connectivity index (χ0n) is 4.50. The van der Waals surface area contributed by atoms with Crippen LogP contribution in [0.25, 0.3) is 0 Å². The van der Waals surface area contributed by atoms with Crippen molar-refractivity contribution in [2.45, 2.75) is 6.54 Å². The van der Waals surface area contributed by atoms with Gasteiger partial charge in [0, 0.05) is 17.6 Å². The predicted molar refractivity (Wildman–Crippen MR) is 48.0 cm³/mol. The monoisotopic (exact) mass is 272 g/mol. The fraction of sp³-hybridized carbons (Fsp3) is 0.250. The molecular weight excluding hydrogens is 268 g/mol. The molecule has 1 aromatic rings. The molecule has 0 amide bonds. The standard InChI is InChI=1S/C4H5BrN2S.BrH/c5-4-7-2-3(1-6)8-4;/h2H,1,6H2;1H. The van der Waals surface area contributed by atoms with Gasteiger partial charge in [0.2, 0.25) is 0 Å². The van der Waals surface area contributed by atoms with Crippen molar-refractivity contribution in [3.05, 3.63) is 15.0 Å². The van der Waals surface area contributed by atoms with Crippen LogP contribution >= 0.6 is 44.2 Å². The van der Waals surface area contributed by atoms with Crippen molar-refractivity contribution in [2.75, 3.05) is 0 Å². The number of aromatic nitrogens is 1. The molecule has 0 aliphatic heterocycles. The van der Waals surface area contributed by atoms with E-state index < -0.39 is 0 Å². The molecule has 0 saturated carbocycles. The molecule has 0 saturated heterocycles. The Labute approximate surface area is 76.4 Å². The Hall–Kier alpha value is 0.550. The molecule has 0 radical (unpaired) electrons. The maximum Gasteiger partial charge on any atom is 0.159 e. The fourth-order valence-corrected chi connectivity index (χ4v) is 1.61. The third-order valence-electron chi connectivity index (χ3n) is 0.727. The van der Waals surface area contributed by atoms with Crippen LogP contribution in [0.5, 0.6) is 0 Å². The van der Waals surface area contributed by atoms with Gasteiger partial charge in [0.1, 0.15) is 0 Å². The van der Waals surface area contributed by atoms with E-state index in [1.54, 1.807) is 17.5 Å². The van der Waals surface area contributed by atoms with Gasteiger partial charge >= 0.3 is 0 Å². The van der Waals surface area contributed by atoms with E-state index in [0.717, 1.165) is 8.79 Å². The number of rotatable bonds is 1. The van der Waals surface area contributed by atoms with E-state index in [0.29, 0.717) is 6.54 Å². The maximum absolute atomic E-state index is 5.31. The van der Waals surface area contributed by atoms with Crippen molar-refractivity contribution in [3.63, 3.8) is 0 Å². The van der Waals surface area contributed by atoms with Gasteiger partial charge in [-0.2, -0.15) is 0 Å². The molecule has 0 fully saturated rings. The summed E-state index contributed by atoms with van der Waals surface area (Å²) in [5, 5.41) is 0. The summed E-state index contributed by atoms with van der Waals surface area (Å²) in [5.74, 6) is 0. The van der Waals surface area contributed by atoms with Gasteiger partial charge in [-0.05, 0) is 15.9 Å². The van der Waals surface area contributed by atoms with E-state index in [2.05, 4.69) is 20.9 Å². The minimum Gasteiger partial charge on any atom is -0.326 e. The lowest BCUT2D eigenvalue weighted by Gasteiger charge is -1.78. The van der Waals surface area contributed by atoms with Crippen LogP contribution in [-0.4, -0.2) is 4.98 Å². The molecule has 1 rings (SSSR count). The van der Waals surface area contributed by atoms with E-state index in [9.17, 15) is 0 Å². The number of hydrogen-bond donors (Lipinski definition) is 1. The van der Waals surface area contributed by atoms with Crippen LogP contribution in [-0.2, 0) is 6.54 Å². The Morgan fingerprint density at radius 2 is 2.44 bits per heavy atom. The van der Waals surface area contributed by atoms with Crippen LogP contribution in [0.15, 0.2) is 10.1 Å². The van der Waals surface area contributed by atoms with Crippen molar-refractivity contribution in [1.29, 1.82) is 0 Å². The van der Waals surface area contributed by atoms with Crippen LogP contribution in [0.2, 0.25) is 0 Å². The first kappa shape index (κ1) is 9.55. The van der Waals surface area contributed by atoms with E-state index in [1.807, 2.05) is 0 Å². The first-order chi connectivity index (χ1) is 3.83. The van der Waals surface area contributed by atoms with Crippen molar-refractivity contribution < 1.29 is 0 Å². The van der Waals surface area contributed by atoms with Gasteiger partial charge in [0.05, 0.1) is 0 Å². The number of thiazole rings is 1. The first-order valence-electron chi connectivity index (χ1n) is 2.13. The van der Waals surface area contributed by atoms with Crippen molar-refractivity contribution in [2.24, 2.45) is 5.73 Å². The largest absolute Gasteiger partial charge is 0.326 e. The summed E-state index contributed by atoms with van der Waals surface area (Å²) in [6.45, 7) is 0.587. The summed E-state index contributed by atoms with van der Waals surface area (Å²) in [5.41, 5.74) is 5.31. The summed E-state index contributed by atoms with van der Waals surface area (Å²) in [7, 11) is 0. The molecule has 0 unspecified atom stereocenters. The molecule has 0 aliphatic rings. The van der Waals surface area contributed by atoms with E-state index in [1.165, 1.54) is 0 Å². The normalized spacial score (nSPS) is 8.67. The highest BCUT2D eigenvalue weighted by atomic mass is 79.9. The molecule has 1 aromatic heterocycles. The highest BCUT2D eigenvalue weighted by Gasteiger charge is 1.92. The molecule has 2 nitrogen and oxygen atoms in total. The topological polar surface area (TPSA) is 38.9 Å². The lowest BCUT2D eigenvalue weighted by molar-refractivity contribution is 1.09. The minimum atomic E-state index is 0. The highest BCUT2D eigenvalue weighted by molar-refractivity contribution is 9.11. The molecule has 5 heteroatoms. The third-order valence-corrected chi connectivity index (χ3v) is 2.23. The van der Waals surface area contributed by atoms with E-state index in [4.69, 9.17) is 5.73 Å². The van der Waals surface area contributed by atoms with Gasteiger partial charge in [-0.25, -0.2) is 4.98 Å². The Kier molecular flexibility index (Phi) is 4.65. The average molecular weight is 274 g/mol. The summed E-state index contributed by atoms with van der Waals surface area (Å²) in [6, 6.07) is 0. The molecular formula is C4H6Br2N2S. The van der Waals surface area contributed by atoms with Crippen molar-refractivity contribution in [3.8, 4) is 0 Å². The summed E-state index contributed by atoms with van der Waals surface area (Å²) in [4.78, 5) is 5.05. The SMILES string of the molecule is Br.NCc1cnc(Br)s1. The number of nitrogens with zero attached hydrogens (tertiary/aromatic N) is 1. The number of hydrogen-bond acceptors (Lipinski definition) is 3. The van der Waals surface area contributed by atoms with Crippen molar-refractivity contribution >= 4 is 44.2 Å². The van der Waals surface area contributed by atoms with Crippen LogP contribution < -0.4 is 5.73 Å². The Morgan fingerprint density at radius 1 is 1.78 bits per heavy atom. The second-order valence-corrected chi connectivity index (χ2v) is 3.67. The Morgan fingerprint density at radius 3 is 2.67 bits per heavy atom. The molecule has 0 bridgehead atoms. The van der Waals surface area contributed by atoms with Crippen LogP contribution in [0, 0.1) is 0 Å². The average Bonchev–Trinajstić information content (AvgIpc) is 2.14. The molecule has 1 heterocycles. The predicted octanol–water partition coefficient (Wildman–Crippen LogP) is 1.94. The second-order valence-electron chi connectivity index (χ2n) is 1.28. The Bertz CT molecular complexity index is 177. The van der Waals surface area contributed by atoms with Gasteiger partial charge < -0.3 is 5.73 Å². The smallest absolute Gasteiger partial charge is 0.159 e. The van der Waals surface area contributed by atoms with Gasteiger partial charge in [0.15, 0.2) is 3.92 Å². The number of nitrogens with two attached hydrogens (primary N) is 1. The summed E-state index contributed by atoms with van der Waals surface area (Å²) < 4.78 is 0.901.